The summed E-state index contributed by atoms with van der Waals surface area (Å²) in [5, 5.41) is 10.4. The Balaban J connectivity index is 2.04. The van der Waals surface area contributed by atoms with E-state index in [1.165, 1.54) is 5.69 Å². The Morgan fingerprint density at radius 1 is 1.10 bits per heavy atom. The number of nitrogens with zero attached hydrogens (tertiary/aromatic N) is 4. The molecule has 1 aromatic carbocycles. The van der Waals surface area contributed by atoms with Crippen LogP contribution >= 0.6 is 0 Å². The molecule has 5 heteroatoms. The lowest BCUT2D eigenvalue weighted by Crippen LogP contribution is -2.09. The Morgan fingerprint density at radius 2 is 1.90 bits per heavy atom. The number of para-hydroxylation sites is 1. The van der Waals surface area contributed by atoms with E-state index in [0.717, 1.165) is 41.8 Å². The fourth-order valence-electron chi connectivity index (χ4n) is 2.71. The van der Waals surface area contributed by atoms with Crippen molar-refractivity contribution in [2.75, 3.05) is 0 Å². The van der Waals surface area contributed by atoms with Gasteiger partial charge in [-0.2, -0.15) is 10.2 Å². The van der Waals surface area contributed by atoms with Crippen molar-refractivity contribution in [3.8, 4) is 0 Å². The first-order valence-corrected chi connectivity index (χ1v) is 7.46. The molecule has 0 aliphatic carbocycles. The molecule has 0 spiro atoms. The molecule has 2 aromatic heterocycles. The van der Waals surface area contributed by atoms with Gasteiger partial charge in [0.1, 0.15) is 0 Å². The lowest BCUT2D eigenvalue weighted by molar-refractivity contribution is 0.578. The lowest BCUT2D eigenvalue weighted by atomic mass is 10.2. The van der Waals surface area contributed by atoms with Gasteiger partial charge >= 0.3 is 0 Å². The van der Waals surface area contributed by atoms with Gasteiger partial charge in [0.15, 0.2) is 0 Å². The fraction of sp³-hybridized carbons (Fsp3) is 0.375. The first kappa shape index (κ1) is 13.8. The van der Waals surface area contributed by atoms with Gasteiger partial charge in [0.05, 0.1) is 29.1 Å². The average Bonchev–Trinajstić information content (AvgIpc) is 3.09. The summed E-state index contributed by atoms with van der Waals surface area (Å²) in [4.78, 5) is 0. The molecule has 5 nitrogen and oxygen atoms in total. The quantitative estimate of drug-likeness (QED) is 0.781. The monoisotopic (exact) mass is 283 g/mol. The van der Waals surface area contributed by atoms with Gasteiger partial charge in [0.2, 0.25) is 0 Å². The Bertz CT molecular complexity index is 753. The molecule has 0 aliphatic heterocycles. The third kappa shape index (κ3) is 2.45. The molecule has 0 bridgehead atoms. The molecule has 0 radical (unpaired) electrons. The van der Waals surface area contributed by atoms with E-state index in [9.17, 15) is 0 Å². The smallest absolute Gasteiger partial charge is 0.0839 e. The van der Waals surface area contributed by atoms with E-state index in [-0.39, 0.29) is 0 Å². The number of rotatable bonds is 5. The second kappa shape index (κ2) is 5.69. The van der Waals surface area contributed by atoms with Gasteiger partial charge in [-0.25, -0.2) is 0 Å². The number of hydrogen-bond acceptors (Lipinski definition) is 3. The number of benzene rings is 1. The summed E-state index contributed by atoms with van der Waals surface area (Å²) in [6.45, 7) is 6.30. The second-order valence-corrected chi connectivity index (χ2v) is 5.12. The molecular weight excluding hydrogens is 262 g/mol. The van der Waals surface area contributed by atoms with E-state index in [1.807, 2.05) is 16.8 Å². The number of nitrogens with two attached hydrogens (primary N) is 1. The van der Waals surface area contributed by atoms with Crippen LogP contribution in [0.5, 0.6) is 0 Å². The van der Waals surface area contributed by atoms with E-state index in [2.05, 4.69) is 46.9 Å². The third-order valence-electron chi connectivity index (χ3n) is 3.82. The van der Waals surface area contributed by atoms with Crippen molar-refractivity contribution >= 4 is 10.9 Å². The van der Waals surface area contributed by atoms with Crippen LogP contribution in [0, 0.1) is 0 Å². The van der Waals surface area contributed by atoms with E-state index in [4.69, 9.17) is 5.73 Å². The molecule has 0 amide bonds. The van der Waals surface area contributed by atoms with Crippen molar-refractivity contribution in [2.24, 2.45) is 5.73 Å². The van der Waals surface area contributed by atoms with E-state index >= 15 is 0 Å². The first-order chi connectivity index (χ1) is 10.3. The first-order valence-electron chi connectivity index (χ1n) is 7.46. The Labute approximate surface area is 124 Å². The van der Waals surface area contributed by atoms with Crippen molar-refractivity contribution in [2.45, 2.75) is 39.9 Å². The predicted molar refractivity (Wildman–Crippen MR) is 84.0 cm³/mol. The van der Waals surface area contributed by atoms with Gasteiger partial charge in [0.25, 0.3) is 0 Å². The number of fused-ring (bicyclic) bond motifs is 1. The minimum atomic E-state index is 0.459. The van der Waals surface area contributed by atoms with Gasteiger partial charge in [0, 0.05) is 18.5 Å². The molecule has 2 heterocycles. The summed E-state index contributed by atoms with van der Waals surface area (Å²) >= 11 is 0. The van der Waals surface area contributed by atoms with Crippen LogP contribution in [0.1, 0.15) is 30.9 Å². The molecule has 0 saturated carbocycles. The summed E-state index contributed by atoms with van der Waals surface area (Å²) in [5.41, 5.74) is 10.2. The maximum atomic E-state index is 5.81. The van der Waals surface area contributed by atoms with Gasteiger partial charge < -0.3 is 5.73 Å². The van der Waals surface area contributed by atoms with Gasteiger partial charge in [-0.3, -0.25) is 9.36 Å². The van der Waals surface area contributed by atoms with Gasteiger partial charge in [-0.05, 0) is 25.5 Å². The zero-order valence-electron chi connectivity index (χ0n) is 12.6. The fourth-order valence-corrected chi connectivity index (χ4v) is 2.71. The largest absolute Gasteiger partial charge is 0.325 e. The molecule has 0 atom stereocenters. The molecule has 3 aromatic rings. The molecule has 0 fully saturated rings. The van der Waals surface area contributed by atoms with Crippen molar-refractivity contribution in [1.82, 2.24) is 19.6 Å². The highest BCUT2D eigenvalue weighted by Gasteiger charge is 2.12. The molecular formula is C16H21N5. The van der Waals surface area contributed by atoms with Crippen LogP contribution in [-0.4, -0.2) is 19.6 Å². The molecule has 110 valence electrons. The number of aryl methyl sites for hydroxylation is 2. The Morgan fingerprint density at radius 3 is 2.62 bits per heavy atom. The zero-order chi connectivity index (χ0) is 14.8. The lowest BCUT2D eigenvalue weighted by Gasteiger charge is -2.06. The van der Waals surface area contributed by atoms with Crippen LogP contribution in [0.3, 0.4) is 0 Å². The van der Waals surface area contributed by atoms with Crippen LogP contribution in [0.25, 0.3) is 10.9 Å². The highest BCUT2D eigenvalue weighted by atomic mass is 15.3. The second-order valence-electron chi connectivity index (χ2n) is 5.12. The van der Waals surface area contributed by atoms with Crippen molar-refractivity contribution in [1.29, 1.82) is 0 Å². The summed E-state index contributed by atoms with van der Waals surface area (Å²) in [7, 11) is 0. The van der Waals surface area contributed by atoms with Crippen molar-refractivity contribution in [3.63, 3.8) is 0 Å². The molecule has 3 rings (SSSR count). The van der Waals surface area contributed by atoms with Crippen LogP contribution in [-0.2, 0) is 26.1 Å². The Hall–Kier alpha value is -2.14. The summed E-state index contributed by atoms with van der Waals surface area (Å²) in [6.07, 6.45) is 0.952. The third-order valence-corrected chi connectivity index (χ3v) is 3.82. The maximum absolute atomic E-state index is 5.81. The van der Waals surface area contributed by atoms with Crippen LogP contribution in [0.2, 0.25) is 0 Å². The van der Waals surface area contributed by atoms with E-state index in [1.54, 1.807) is 0 Å². The topological polar surface area (TPSA) is 61.7 Å². The van der Waals surface area contributed by atoms with Crippen molar-refractivity contribution in [3.05, 3.63) is 47.4 Å². The molecule has 2 N–H and O–H groups in total. The average molecular weight is 283 g/mol. The van der Waals surface area contributed by atoms with E-state index in [0.29, 0.717) is 6.54 Å². The summed E-state index contributed by atoms with van der Waals surface area (Å²) in [5.74, 6) is 0. The molecule has 0 saturated heterocycles. The molecule has 0 aliphatic rings. The van der Waals surface area contributed by atoms with Gasteiger partial charge in [-0.15, -0.1) is 0 Å². The molecule has 0 unspecified atom stereocenters. The molecule has 21 heavy (non-hydrogen) atoms. The maximum Gasteiger partial charge on any atom is 0.0839 e. The highest BCUT2D eigenvalue weighted by Crippen LogP contribution is 2.19. The SMILES string of the molecule is CCc1cc(Cn2nc(CN)c3ccccc32)n(CC)n1. The minimum Gasteiger partial charge on any atom is -0.325 e. The van der Waals surface area contributed by atoms with Crippen LogP contribution < -0.4 is 5.73 Å². The van der Waals surface area contributed by atoms with Crippen LogP contribution in [0.15, 0.2) is 30.3 Å². The summed E-state index contributed by atoms with van der Waals surface area (Å²) < 4.78 is 4.08. The van der Waals surface area contributed by atoms with Crippen molar-refractivity contribution < 1.29 is 0 Å². The summed E-state index contributed by atoms with van der Waals surface area (Å²) in [6, 6.07) is 10.4. The van der Waals surface area contributed by atoms with Crippen LogP contribution in [0.4, 0.5) is 0 Å². The predicted octanol–water partition coefficient (Wildman–Crippen LogP) is 2.32. The number of hydrogen-bond donors (Lipinski definition) is 1. The highest BCUT2D eigenvalue weighted by molar-refractivity contribution is 5.81. The van der Waals surface area contributed by atoms with E-state index < -0.39 is 0 Å². The normalized spacial score (nSPS) is 11.4. The van der Waals surface area contributed by atoms with Gasteiger partial charge in [-0.1, -0.05) is 25.1 Å². The minimum absolute atomic E-state index is 0.459. The Kier molecular flexibility index (Phi) is 3.75. The number of aromatic nitrogens is 4. The standard InChI is InChI=1S/C16H21N5/c1-3-12-9-13(20(4-2)18-12)11-21-16-8-6-5-7-14(16)15(10-17)19-21/h5-9H,3-4,10-11,17H2,1-2H3. The zero-order valence-corrected chi connectivity index (χ0v) is 12.6.